The van der Waals surface area contributed by atoms with Crippen molar-refractivity contribution >= 4 is 23.3 Å². The molecule has 2 aliphatic rings. The molecule has 214 valence electrons. The maximum atomic E-state index is 13.8. The molecule has 1 aliphatic carbocycles. The van der Waals surface area contributed by atoms with E-state index in [0.29, 0.717) is 6.04 Å². The van der Waals surface area contributed by atoms with Gasteiger partial charge in [-0.2, -0.15) is 18.3 Å². The predicted molar refractivity (Wildman–Crippen MR) is 138 cm³/mol. The normalized spacial score (nSPS) is 20.4. The Hall–Kier alpha value is -3.98. The number of piperazine rings is 1. The third-order valence-corrected chi connectivity index (χ3v) is 7.31. The summed E-state index contributed by atoms with van der Waals surface area (Å²) in [5.74, 6) is -1.94. The number of rotatable bonds is 8. The van der Waals surface area contributed by atoms with Crippen molar-refractivity contribution in [2.45, 2.75) is 43.9 Å². The molecule has 40 heavy (non-hydrogen) atoms. The minimum atomic E-state index is -4.65. The molecule has 0 atom stereocenters. The number of nitrogens with one attached hydrogen (secondary N) is 1. The van der Waals surface area contributed by atoms with Crippen molar-refractivity contribution in [3.05, 3.63) is 42.2 Å². The van der Waals surface area contributed by atoms with E-state index in [1.54, 1.807) is 4.68 Å². The molecule has 5 rings (SSSR count). The first-order chi connectivity index (χ1) is 19.1. The Balaban J connectivity index is 1.44. The standard InChI is InChI=1S/C25H30F3N9O3/c26-25(27,28)14-36(20-11-15(5-6-32-20)24-33-18(13-40-24)22(29)38)19-12-37(34-21(19)23(30)39)17-3-1-16(2-4-17)35-9-7-31-8-10-35/h5-6,11-13,16-17,31H,1-4,7-10,14H2,(H2,29,38)(H2,30,39). The minimum Gasteiger partial charge on any atom is -0.444 e. The van der Waals surface area contributed by atoms with Gasteiger partial charge >= 0.3 is 6.18 Å². The fraction of sp³-hybridized carbons (Fsp3) is 0.480. The summed E-state index contributed by atoms with van der Waals surface area (Å²) in [5, 5.41) is 7.70. The van der Waals surface area contributed by atoms with Crippen LogP contribution in [0.2, 0.25) is 0 Å². The summed E-state index contributed by atoms with van der Waals surface area (Å²) < 4.78 is 48.2. The minimum absolute atomic E-state index is 0.0310. The maximum absolute atomic E-state index is 13.8. The van der Waals surface area contributed by atoms with Gasteiger partial charge < -0.3 is 26.1 Å². The number of carbonyl (C=O) groups excluding carboxylic acids is 2. The van der Waals surface area contributed by atoms with E-state index in [2.05, 4.69) is 25.3 Å². The summed E-state index contributed by atoms with van der Waals surface area (Å²) in [4.78, 5) is 35.2. The number of halogens is 3. The van der Waals surface area contributed by atoms with E-state index in [4.69, 9.17) is 15.9 Å². The van der Waals surface area contributed by atoms with E-state index < -0.39 is 24.5 Å². The fourth-order valence-corrected chi connectivity index (χ4v) is 5.36. The van der Waals surface area contributed by atoms with Gasteiger partial charge in [-0.1, -0.05) is 0 Å². The monoisotopic (exact) mass is 561 g/mol. The third kappa shape index (κ3) is 6.09. The Morgan fingerprint density at radius 1 is 1.10 bits per heavy atom. The van der Waals surface area contributed by atoms with Gasteiger partial charge in [-0.15, -0.1) is 0 Å². The average Bonchev–Trinajstić information content (AvgIpc) is 3.61. The highest BCUT2D eigenvalue weighted by molar-refractivity contribution is 5.97. The lowest BCUT2D eigenvalue weighted by Crippen LogP contribution is -2.49. The average molecular weight is 562 g/mol. The van der Waals surface area contributed by atoms with E-state index in [0.717, 1.165) is 63.0 Å². The number of nitrogens with zero attached hydrogens (tertiary/aromatic N) is 6. The van der Waals surface area contributed by atoms with Crippen LogP contribution in [-0.4, -0.2) is 81.4 Å². The lowest BCUT2D eigenvalue weighted by Gasteiger charge is -2.39. The second-order valence-corrected chi connectivity index (χ2v) is 9.96. The Bertz CT molecular complexity index is 1360. The first-order valence-corrected chi connectivity index (χ1v) is 13.0. The smallest absolute Gasteiger partial charge is 0.406 e. The Morgan fingerprint density at radius 3 is 2.42 bits per heavy atom. The molecule has 3 aromatic heterocycles. The lowest BCUT2D eigenvalue weighted by molar-refractivity contribution is -0.118. The van der Waals surface area contributed by atoms with E-state index >= 15 is 0 Å². The highest BCUT2D eigenvalue weighted by Crippen LogP contribution is 2.36. The van der Waals surface area contributed by atoms with Crippen LogP contribution in [0.4, 0.5) is 24.7 Å². The van der Waals surface area contributed by atoms with Crippen molar-refractivity contribution in [3.63, 3.8) is 0 Å². The zero-order valence-electron chi connectivity index (χ0n) is 21.6. The fourth-order valence-electron chi connectivity index (χ4n) is 5.36. The van der Waals surface area contributed by atoms with Gasteiger partial charge in [0, 0.05) is 50.2 Å². The van der Waals surface area contributed by atoms with Crippen LogP contribution in [-0.2, 0) is 0 Å². The van der Waals surface area contributed by atoms with Gasteiger partial charge in [0.1, 0.15) is 18.6 Å². The van der Waals surface area contributed by atoms with Crippen molar-refractivity contribution < 1.29 is 27.2 Å². The molecule has 1 saturated carbocycles. The molecule has 2 fully saturated rings. The zero-order valence-corrected chi connectivity index (χ0v) is 21.6. The van der Waals surface area contributed by atoms with Crippen LogP contribution >= 0.6 is 0 Å². The molecule has 0 spiro atoms. The number of amides is 2. The Kier molecular flexibility index (Phi) is 7.76. The van der Waals surface area contributed by atoms with Gasteiger partial charge in [0.05, 0.1) is 11.7 Å². The van der Waals surface area contributed by atoms with Crippen LogP contribution in [0.25, 0.3) is 11.5 Å². The first-order valence-electron chi connectivity index (χ1n) is 13.0. The van der Waals surface area contributed by atoms with Gasteiger partial charge in [0.25, 0.3) is 11.8 Å². The lowest BCUT2D eigenvalue weighted by atomic mass is 9.90. The topological polar surface area (TPSA) is 161 Å². The molecule has 3 aromatic rings. The predicted octanol–water partition coefficient (Wildman–Crippen LogP) is 2.22. The van der Waals surface area contributed by atoms with E-state index in [9.17, 15) is 22.8 Å². The van der Waals surface area contributed by atoms with Crippen LogP contribution in [0.5, 0.6) is 0 Å². The van der Waals surface area contributed by atoms with E-state index in [1.165, 1.54) is 24.5 Å². The van der Waals surface area contributed by atoms with Crippen molar-refractivity contribution in [3.8, 4) is 11.5 Å². The van der Waals surface area contributed by atoms with Crippen molar-refractivity contribution in [2.24, 2.45) is 11.5 Å². The summed E-state index contributed by atoms with van der Waals surface area (Å²) in [6, 6.07) is 3.13. The van der Waals surface area contributed by atoms with E-state index in [1.807, 2.05) is 0 Å². The summed E-state index contributed by atoms with van der Waals surface area (Å²) in [6.45, 7) is 2.43. The molecule has 0 radical (unpaired) electrons. The molecule has 12 nitrogen and oxygen atoms in total. The molecule has 2 amide bonds. The Labute approximate surface area is 227 Å². The number of hydrogen-bond donors (Lipinski definition) is 3. The largest absolute Gasteiger partial charge is 0.444 e. The molecule has 0 bridgehead atoms. The second kappa shape index (κ2) is 11.3. The first kappa shape index (κ1) is 27.6. The molecular formula is C25H30F3N9O3. The number of oxazole rings is 1. The molecule has 1 saturated heterocycles. The maximum Gasteiger partial charge on any atom is 0.406 e. The number of hydrogen-bond acceptors (Lipinski definition) is 9. The van der Waals surface area contributed by atoms with Crippen molar-refractivity contribution in [2.75, 3.05) is 37.6 Å². The van der Waals surface area contributed by atoms with Gasteiger partial charge in [0.15, 0.2) is 11.4 Å². The summed E-state index contributed by atoms with van der Waals surface area (Å²) in [7, 11) is 0. The number of alkyl halides is 3. The summed E-state index contributed by atoms with van der Waals surface area (Å²) >= 11 is 0. The molecule has 0 unspecified atom stereocenters. The van der Waals surface area contributed by atoms with Crippen LogP contribution in [0.3, 0.4) is 0 Å². The van der Waals surface area contributed by atoms with Gasteiger partial charge in [0.2, 0.25) is 5.89 Å². The number of aromatic nitrogens is 4. The number of primary amides is 2. The number of pyridine rings is 1. The van der Waals surface area contributed by atoms with Crippen LogP contribution in [0.1, 0.15) is 52.7 Å². The number of anilines is 2. The highest BCUT2D eigenvalue weighted by atomic mass is 19.4. The molecule has 0 aromatic carbocycles. The summed E-state index contributed by atoms with van der Waals surface area (Å²) in [5.41, 5.74) is 10.5. The van der Waals surface area contributed by atoms with Crippen molar-refractivity contribution in [1.29, 1.82) is 0 Å². The third-order valence-electron chi connectivity index (χ3n) is 7.31. The SMILES string of the molecule is NC(=O)c1coc(-c2ccnc(N(CC(F)(F)F)c3cn(C4CCC(N5CCNCC5)CC4)nc3C(N)=O)c2)n1. The van der Waals surface area contributed by atoms with Crippen LogP contribution in [0.15, 0.2) is 35.2 Å². The molecule has 1 aliphatic heterocycles. The van der Waals surface area contributed by atoms with E-state index in [-0.39, 0.29) is 40.4 Å². The van der Waals surface area contributed by atoms with Gasteiger partial charge in [-0.05, 0) is 37.8 Å². The Morgan fingerprint density at radius 2 is 1.80 bits per heavy atom. The second-order valence-electron chi connectivity index (χ2n) is 9.96. The molecule has 5 N–H and O–H groups in total. The number of nitrogens with two attached hydrogens (primary N) is 2. The highest BCUT2D eigenvalue weighted by Gasteiger charge is 2.36. The van der Waals surface area contributed by atoms with Gasteiger partial charge in [-0.3, -0.25) is 19.2 Å². The van der Waals surface area contributed by atoms with Crippen LogP contribution in [0, 0.1) is 0 Å². The van der Waals surface area contributed by atoms with Crippen molar-refractivity contribution in [1.82, 2.24) is 30.0 Å². The number of carbonyl (C=O) groups is 2. The molecule has 15 heteroatoms. The van der Waals surface area contributed by atoms with Crippen LogP contribution < -0.4 is 21.7 Å². The molecule has 4 heterocycles. The summed E-state index contributed by atoms with van der Waals surface area (Å²) in [6.07, 6.45) is 2.49. The zero-order chi connectivity index (χ0) is 28.4. The molecular weight excluding hydrogens is 531 g/mol. The van der Waals surface area contributed by atoms with Gasteiger partial charge in [-0.25, -0.2) is 9.97 Å². The quantitative estimate of drug-likeness (QED) is 0.374.